The maximum atomic E-state index is 6.32. The summed E-state index contributed by atoms with van der Waals surface area (Å²) < 4.78 is 8.43. The lowest BCUT2D eigenvalue weighted by atomic mass is 10.0. The minimum Gasteiger partial charge on any atom is -0.423 e. The van der Waals surface area contributed by atoms with E-state index in [1.807, 2.05) is 78.9 Å². The summed E-state index contributed by atoms with van der Waals surface area (Å²) in [5, 5.41) is 0. The Balaban J connectivity index is 0.872. The van der Waals surface area contributed by atoms with E-state index in [2.05, 4.69) is 144 Å². The summed E-state index contributed by atoms with van der Waals surface area (Å²) >= 11 is 0. The Bertz CT molecular complexity index is 3270. The highest BCUT2D eigenvalue weighted by molar-refractivity contribution is 5.92. The lowest BCUT2D eigenvalue weighted by molar-refractivity contribution is 0.643. The van der Waals surface area contributed by atoms with Crippen molar-refractivity contribution < 1.29 is 4.42 Å². The normalized spacial score (nSPS) is 11.4. The Labute approximate surface area is 368 Å². The molecule has 7 nitrogen and oxygen atoms in total. The van der Waals surface area contributed by atoms with Gasteiger partial charge in [0.2, 0.25) is 0 Å². The number of hydrogen-bond acceptors (Lipinski definition) is 6. The first kappa shape index (κ1) is 37.0. The third-order valence-electron chi connectivity index (χ3n) is 11.7. The molecule has 4 aromatic heterocycles. The van der Waals surface area contributed by atoms with E-state index in [1.165, 1.54) is 0 Å². The van der Waals surface area contributed by atoms with E-state index >= 15 is 0 Å². The van der Waals surface area contributed by atoms with Crippen LogP contribution in [0.4, 0.5) is 0 Å². The third-order valence-corrected chi connectivity index (χ3v) is 11.7. The van der Waals surface area contributed by atoms with Crippen LogP contribution in [-0.2, 0) is 0 Å². The quantitative estimate of drug-likeness (QED) is 0.152. The molecule has 0 radical (unpaired) electrons. The highest BCUT2D eigenvalue weighted by atomic mass is 16.4. The average molecular weight is 821 g/mol. The van der Waals surface area contributed by atoms with E-state index < -0.39 is 0 Å². The van der Waals surface area contributed by atoms with Crippen molar-refractivity contribution >= 4 is 28.0 Å². The fraction of sp³-hybridized carbons (Fsp3) is 0. The molecule has 12 aromatic rings. The number of rotatable bonds is 8. The second-order valence-electron chi connectivity index (χ2n) is 15.8. The fourth-order valence-electron chi connectivity index (χ4n) is 8.39. The monoisotopic (exact) mass is 820 g/mol. The molecule has 0 amide bonds. The van der Waals surface area contributed by atoms with Gasteiger partial charge >= 0.3 is 5.84 Å². The summed E-state index contributed by atoms with van der Waals surface area (Å²) in [6.45, 7) is 0. The summed E-state index contributed by atoms with van der Waals surface area (Å²) in [6, 6.07) is 74.7. The molecule has 0 spiro atoms. The van der Waals surface area contributed by atoms with Crippen molar-refractivity contribution in [2.24, 2.45) is 0 Å². The molecular formula is C57H36N6O. The standard InChI is InChI=1S/C57H36N6O/c1-5-13-39(14-6-1)48-35-49(40-15-7-2-8-16-40)59-55(58-48)43-25-21-37(22-26-43)45-29-31-47-52(33-45)63-53-34-46(30-32-54(53)64-57(63)62-47)38-23-27-44(28-24-38)56-60-50(41-17-9-3-10-18-41)36-51(61-56)42-19-11-4-12-20-42/h1-36H. The van der Waals surface area contributed by atoms with E-state index in [0.29, 0.717) is 17.5 Å². The first-order valence-corrected chi connectivity index (χ1v) is 21.2. The van der Waals surface area contributed by atoms with Crippen LogP contribution in [-0.4, -0.2) is 29.3 Å². The molecule has 0 saturated carbocycles. The van der Waals surface area contributed by atoms with Crippen molar-refractivity contribution in [1.82, 2.24) is 29.3 Å². The maximum Gasteiger partial charge on any atom is 0.307 e. The van der Waals surface area contributed by atoms with Crippen LogP contribution in [0.2, 0.25) is 0 Å². The van der Waals surface area contributed by atoms with Crippen LogP contribution in [0, 0.1) is 0 Å². The highest BCUT2D eigenvalue weighted by Gasteiger charge is 2.17. The average Bonchev–Trinajstić information content (AvgIpc) is 3.93. The van der Waals surface area contributed by atoms with Crippen LogP contribution in [0.5, 0.6) is 0 Å². The Morgan fingerprint density at radius 2 is 0.641 bits per heavy atom. The van der Waals surface area contributed by atoms with Crippen molar-refractivity contribution in [1.29, 1.82) is 0 Å². The van der Waals surface area contributed by atoms with Gasteiger partial charge in [-0.25, -0.2) is 19.9 Å². The van der Waals surface area contributed by atoms with E-state index in [-0.39, 0.29) is 0 Å². The van der Waals surface area contributed by atoms with Crippen molar-refractivity contribution in [2.75, 3.05) is 0 Å². The Hall–Kier alpha value is -8.81. The van der Waals surface area contributed by atoms with E-state index in [4.69, 9.17) is 29.3 Å². The van der Waals surface area contributed by atoms with Crippen LogP contribution in [0.1, 0.15) is 0 Å². The van der Waals surface area contributed by atoms with Crippen LogP contribution in [0.3, 0.4) is 0 Å². The van der Waals surface area contributed by atoms with Gasteiger partial charge < -0.3 is 4.42 Å². The molecule has 300 valence electrons. The van der Waals surface area contributed by atoms with Gasteiger partial charge in [0, 0.05) is 33.4 Å². The summed E-state index contributed by atoms with van der Waals surface area (Å²) in [4.78, 5) is 25.0. The van der Waals surface area contributed by atoms with Crippen LogP contribution >= 0.6 is 0 Å². The molecule has 0 aliphatic heterocycles. The molecule has 0 unspecified atom stereocenters. The van der Waals surface area contributed by atoms with Crippen LogP contribution < -0.4 is 0 Å². The largest absolute Gasteiger partial charge is 0.423 e. The van der Waals surface area contributed by atoms with Crippen molar-refractivity contribution in [3.8, 4) is 90.1 Å². The minimum atomic E-state index is 0.555. The lowest BCUT2D eigenvalue weighted by Crippen LogP contribution is -1.96. The van der Waals surface area contributed by atoms with E-state index in [1.54, 1.807) is 0 Å². The molecule has 0 bridgehead atoms. The first-order chi connectivity index (χ1) is 31.7. The number of hydrogen-bond donors (Lipinski definition) is 0. The van der Waals surface area contributed by atoms with Gasteiger partial charge in [-0.1, -0.05) is 182 Å². The van der Waals surface area contributed by atoms with Gasteiger partial charge in [0.05, 0.1) is 39.3 Å². The lowest BCUT2D eigenvalue weighted by Gasteiger charge is -2.10. The molecule has 0 N–H and O–H groups in total. The van der Waals surface area contributed by atoms with Gasteiger partial charge in [0.15, 0.2) is 17.2 Å². The predicted molar refractivity (Wildman–Crippen MR) is 257 cm³/mol. The number of nitrogens with zero attached hydrogens (tertiary/aromatic N) is 6. The van der Waals surface area contributed by atoms with Crippen molar-refractivity contribution in [2.45, 2.75) is 0 Å². The predicted octanol–water partition coefficient (Wildman–Crippen LogP) is 14.1. The van der Waals surface area contributed by atoms with Gasteiger partial charge in [-0.2, -0.15) is 4.98 Å². The summed E-state index contributed by atoms with van der Waals surface area (Å²) in [6.07, 6.45) is 0. The molecule has 0 fully saturated rings. The van der Waals surface area contributed by atoms with Gasteiger partial charge in [-0.3, -0.25) is 4.40 Å². The summed E-state index contributed by atoms with van der Waals surface area (Å²) in [5.41, 5.74) is 17.4. The fourth-order valence-corrected chi connectivity index (χ4v) is 8.39. The zero-order chi connectivity index (χ0) is 42.4. The minimum absolute atomic E-state index is 0.555. The summed E-state index contributed by atoms with van der Waals surface area (Å²) in [5.74, 6) is 1.91. The number of fused-ring (bicyclic) bond motifs is 5. The summed E-state index contributed by atoms with van der Waals surface area (Å²) in [7, 11) is 0. The molecule has 4 heterocycles. The molecule has 64 heavy (non-hydrogen) atoms. The van der Waals surface area contributed by atoms with Gasteiger partial charge in [0.25, 0.3) is 0 Å². The SMILES string of the molecule is c1ccc(-c2cc(-c3ccccc3)nc(-c3ccc(-c4ccc5nc6oc7ccc(-c8ccc(-c9nc(-c%10ccccc%10)cc(-c%10ccccc%10)n9)cc8)cc7n6c5c4)cc3)n2)cc1. The zero-order valence-corrected chi connectivity index (χ0v) is 34.4. The van der Waals surface area contributed by atoms with Crippen molar-refractivity contribution in [3.05, 3.63) is 218 Å². The molecular weight excluding hydrogens is 785 g/mol. The zero-order valence-electron chi connectivity index (χ0n) is 34.4. The van der Waals surface area contributed by atoms with Crippen LogP contribution in [0.15, 0.2) is 223 Å². The second-order valence-corrected chi connectivity index (χ2v) is 15.8. The molecule has 8 aromatic carbocycles. The molecule has 7 heteroatoms. The molecule has 0 saturated heterocycles. The second kappa shape index (κ2) is 15.6. The molecule has 12 rings (SSSR count). The number of aromatic nitrogens is 6. The van der Waals surface area contributed by atoms with E-state index in [9.17, 15) is 0 Å². The molecule has 0 atom stereocenters. The molecule has 0 aliphatic carbocycles. The van der Waals surface area contributed by atoms with Gasteiger partial charge in [-0.15, -0.1) is 0 Å². The van der Waals surface area contributed by atoms with Crippen molar-refractivity contribution in [3.63, 3.8) is 0 Å². The first-order valence-electron chi connectivity index (χ1n) is 21.2. The number of benzene rings is 8. The molecule has 0 aliphatic rings. The highest BCUT2D eigenvalue weighted by Crippen LogP contribution is 2.35. The third kappa shape index (κ3) is 6.87. The smallest absolute Gasteiger partial charge is 0.307 e. The maximum absolute atomic E-state index is 6.32. The Kier molecular flexibility index (Phi) is 9.01. The van der Waals surface area contributed by atoms with E-state index in [0.717, 1.165) is 101 Å². The van der Waals surface area contributed by atoms with Gasteiger partial charge in [0.1, 0.15) is 0 Å². The number of oxazole rings is 1. The topological polar surface area (TPSA) is 82.0 Å². The number of imidazole rings is 1. The van der Waals surface area contributed by atoms with Gasteiger partial charge in [-0.05, 0) is 58.7 Å². The Morgan fingerprint density at radius 3 is 1.06 bits per heavy atom. The van der Waals surface area contributed by atoms with Crippen LogP contribution in [0.25, 0.3) is 118 Å². The Morgan fingerprint density at radius 1 is 0.281 bits per heavy atom.